The fraction of sp³-hybridized carbons (Fsp3) is 0.700. The van der Waals surface area contributed by atoms with Gasteiger partial charge < -0.3 is 5.73 Å². The number of thiazole rings is 1. The van der Waals surface area contributed by atoms with Gasteiger partial charge in [0.25, 0.3) is 0 Å². The van der Waals surface area contributed by atoms with Gasteiger partial charge in [0.1, 0.15) is 0 Å². The van der Waals surface area contributed by atoms with Crippen LogP contribution in [0.25, 0.3) is 0 Å². The summed E-state index contributed by atoms with van der Waals surface area (Å²) in [6.07, 6.45) is 3.00. The normalized spacial score (nSPS) is 15.2. The van der Waals surface area contributed by atoms with Crippen molar-refractivity contribution in [3.8, 4) is 0 Å². The lowest BCUT2D eigenvalue weighted by molar-refractivity contribution is 0.247. The second kappa shape index (κ2) is 6.70. The van der Waals surface area contributed by atoms with Crippen molar-refractivity contribution in [2.45, 2.75) is 31.7 Å². The van der Waals surface area contributed by atoms with Crippen molar-refractivity contribution in [2.24, 2.45) is 0 Å². The van der Waals surface area contributed by atoms with Crippen LogP contribution in [0.1, 0.15) is 18.7 Å². The van der Waals surface area contributed by atoms with Gasteiger partial charge in [0.15, 0.2) is 15.0 Å². The highest BCUT2D eigenvalue weighted by atomic mass is 35.5. The zero-order chi connectivity index (χ0) is 13.2. The first kappa shape index (κ1) is 17.6. The molecule has 0 fully saturated rings. The number of sulfone groups is 1. The Hall–Kier alpha value is -0.370. The smallest absolute Gasteiger partial charge is 0.180 e. The van der Waals surface area contributed by atoms with Crippen LogP contribution >= 0.6 is 23.7 Å². The van der Waals surface area contributed by atoms with Crippen LogP contribution in [0.4, 0.5) is 5.13 Å². The summed E-state index contributed by atoms with van der Waals surface area (Å²) in [5, 5.41) is 0.148. The van der Waals surface area contributed by atoms with Crippen molar-refractivity contribution in [1.29, 1.82) is 0 Å². The van der Waals surface area contributed by atoms with Crippen molar-refractivity contribution in [3.63, 3.8) is 0 Å². The standard InChI is InChI=1S/C10H19N3O2S2.ClH/c1-7(8(2)17(4,14)15)13(3)6-9-5-12-10(11)16-9;/h5,7-8H,6H2,1-4H3,(H2,11,12);1H. The third kappa shape index (κ3) is 4.72. The van der Waals surface area contributed by atoms with E-state index in [9.17, 15) is 8.42 Å². The molecule has 0 aliphatic rings. The number of hydrogen-bond acceptors (Lipinski definition) is 6. The molecule has 0 aliphatic carbocycles. The van der Waals surface area contributed by atoms with Crippen LogP contribution in [0.3, 0.4) is 0 Å². The Morgan fingerprint density at radius 3 is 2.44 bits per heavy atom. The van der Waals surface area contributed by atoms with Crippen LogP contribution in [-0.2, 0) is 16.4 Å². The molecule has 106 valence electrons. The van der Waals surface area contributed by atoms with Crippen molar-refractivity contribution in [3.05, 3.63) is 11.1 Å². The fourth-order valence-corrected chi connectivity index (χ4v) is 3.17. The van der Waals surface area contributed by atoms with Crippen LogP contribution in [0.2, 0.25) is 0 Å². The van der Waals surface area contributed by atoms with Gasteiger partial charge in [-0.2, -0.15) is 0 Å². The van der Waals surface area contributed by atoms with Crippen LogP contribution in [0.5, 0.6) is 0 Å². The highest BCUT2D eigenvalue weighted by Gasteiger charge is 2.25. The number of rotatable bonds is 5. The van der Waals surface area contributed by atoms with Gasteiger partial charge in [-0.3, -0.25) is 4.90 Å². The predicted octanol–water partition coefficient (Wildman–Crippen LogP) is 1.40. The molecule has 0 saturated carbocycles. The minimum Gasteiger partial charge on any atom is -0.375 e. The second-order valence-corrected chi connectivity index (χ2v) is 7.90. The highest BCUT2D eigenvalue weighted by Crippen LogP contribution is 2.18. The van der Waals surface area contributed by atoms with E-state index in [4.69, 9.17) is 5.73 Å². The minimum absolute atomic E-state index is 0. The lowest BCUT2D eigenvalue weighted by atomic mass is 10.2. The van der Waals surface area contributed by atoms with E-state index >= 15 is 0 Å². The average molecular weight is 314 g/mol. The number of anilines is 1. The van der Waals surface area contributed by atoms with Gasteiger partial charge in [0.05, 0.1) is 5.25 Å². The van der Waals surface area contributed by atoms with Crippen molar-refractivity contribution in [2.75, 3.05) is 19.0 Å². The molecule has 2 unspecified atom stereocenters. The molecule has 0 bridgehead atoms. The number of aromatic nitrogens is 1. The molecule has 0 radical (unpaired) electrons. The molecular weight excluding hydrogens is 294 g/mol. The van der Waals surface area contributed by atoms with Gasteiger partial charge in [-0.25, -0.2) is 13.4 Å². The number of nitrogen functional groups attached to an aromatic ring is 1. The molecule has 1 rings (SSSR count). The summed E-state index contributed by atoms with van der Waals surface area (Å²) in [6.45, 7) is 4.31. The van der Waals surface area contributed by atoms with Crippen molar-refractivity contribution < 1.29 is 8.42 Å². The summed E-state index contributed by atoms with van der Waals surface area (Å²) in [6, 6.07) is -0.0478. The van der Waals surface area contributed by atoms with Gasteiger partial charge in [-0.05, 0) is 20.9 Å². The highest BCUT2D eigenvalue weighted by molar-refractivity contribution is 7.91. The van der Waals surface area contributed by atoms with E-state index < -0.39 is 15.1 Å². The molecule has 2 atom stereocenters. The first-order valence-electron chi connectivity index (χ1n) is 5.31. The topological polar surface area (TPSA) is 76.3 Å². The number of nitrogens with zero attached hydrogens (tertiary/aromatic N) is 2. The summed E-state index contributed by atoms with van der Waals surface area (Å²) in [5.41, 5.74) is 5.55. The van der Waals surface area contributed by atoms with Crippen LogP contribution in [0, 0.1) is 0 Å². The van der Waals surface area contributed by atoms with Crippen molar-refractivity contribution >= 4 is 38.7 Å². The molecule has 8 heteroatoms. The molecule has 0 aromatic carbocycles. The molecule has 0 amide bonds. The monoisotopic (exact) mass is 313 g/mol. The van der Waals surface area contributed by atoms with Gasteiger partial charge in [0, 0.05) is 29.9 Å². The first-order chi connectivity index (χ1) is 7.71. The van der Waals surface area contributed by atoms with Gasteiger partial charge >= 0.3 is 0 Å². The maximum absolute atomic E-state index is 11.5. The molecule has 0 spiro atoms. The fourth-order valence-electron chi connectivity index (χ4n) is 1.50. The van der Waals surface area contributed by atoms with E-state index in [0.29, 0.717) is 11.7 Å². The van der Waals surface area contributed by atoms with E-state index in [2.05, 4.69) is 4.98 Å². The first-order valence-corrected chi connectivity index (χ1v) is 8.08. The Balaban J connectivity index is 0.00000289. The number of nitrogens with two attached hydrogens (primary N) is 1. The molecule has 18 heavy (non-hydrogen) atoms. The SMILES string of the molecule is CC(C(C)S(C)(=O)=O)N(C)Cc1cnc(N)s1.Cl. The molecule has 1 aromatic heterocycles. The summed E-state index contributed by atoms with van der Waals surface area (Å²) in [7, 11) is -1.11. The molecule has 1 aromatic rings. The summed E-state index contributed by atoms with van der Waals surface area (Å²) in [5.74, 6) is 0. The summed E-state index contributed by atoms with van der Waals surface area (Å²) >= 11 is 1.43. The Morgan fingerprint density at radius 1 is 1.50 bits per heavy atom. The quantitative estimate of drug-likeness (QED) is 0.889. The zero-order valence-corrected chi connectivity index (χ0v) is 13.4. The minimum atomic E-state index is -3.01. The second-order valence-electron chi connectivity index (χ2n) is 4.36. The summed E-state index contributed by atoms with van der Waals surface area (Å²) in [4.78, 5) is 7.01. The van der Waals surface area contributed by atoms with Gasteiger partial charge in [0.2, 0.25) is 0 Å². The Morgan fingerprint density at radius 2 is 2.06 bits per heavy atom. The van der Waals surface area contributed by atoms with Crippen LogP contribution in [-0.4, -0.2) is 42.9 Å². The number of halogens is 1. The third-order valence-corrected chi connectivity index (χ3v) is 5.58. The van der Waals surface area contributed by atoms with Gasteiger partial charge in [-0.1, -0.05) is 0 Å². The Kier molecular flexibility index (Phi) is 6.56. The van der Waals surface area contributed by atoms with E-state index in [1.807, 2.05) is 18.9 Å². The third-order valence-electron chi connectivity index (χ3n) is 3.03. The van der Waals surface area contributed by atoms with Crippen LogP contribution in [0.15, 0.2) is 6.20 Å². The van der Waals surface area contributed by atoms with E-state index in [1.165, 1.54) is 17.6 Å². The largest absolute Gasteiger partial charge is 0.375 e. The maximum atomic E-state index is 11.5. The van der Waals surface area contributed by atoms with Gasteiger partial charge in [-0.15, -0.1) is 23.7 Å². The van der Waals surface area contributed by atoms with E-state index in [0.717, 1.165) is 4.88 Å². The summed E-state index contributed by atoms with van der Waals surface area (Å²) < 4.78 is 23.0. The zero-order valence-electron chi connectivity index (χ0n) is 11.0. The lowest BCUT2D eigenvalue weighted by Gasteiger charge is -2.28. The molecule has 1 heterocycles. The molecule has 0 aliphatic heterocycles. The van der Waals surface area contributed by atoms with E-state index in [1.54, 1.807) is 13.1 Å². The predicted molar refractivity (Wildman–Crippen MR) is 79.0 cm³/mol. The Bertz CT molecular complexity index is 475. The maximum Gasteiger partial charge on any atom is 0.180 e. The molecular formula is C10H20ClN3O2S2. The van der Waals surface area contributed by atoms with Crippen LogP contribution < -0.4 is 5.73 Å². The lowest BCUT2D eigenvalue weighted by Crippen LogP contribution is -2.40. The number of hydrogen-bond donors (Lipinski definition) is 1. The van der Waals surface area contributed by atoms with Crippen molar-refractivity contribution in [1.82, 2.24) is 9.88 Å². The Labute approximate surface area is 119 Å². The van der Waals surface area contributed by atoms with E-state index in [-0.39, 0.29) is 18.4 Å². The molecule has 0 saturated heterocycles. The molecule has 5 nitrogen and oxygen atoms in total. The molecule has 2 N–H and O–H groups in total. The average Bonchev–Trinajstić information content (AvgIpc) is 2.60.